The van der Waals surface area contributed by atoms with Gasteiger partial charge in [-0.25, -0.2) is 4.79 Å². The van der Waals surface area contributed by atoms with Crippen molar-refractivity contribution in [2.45, 2.75) is 18.9 Å². The Balaban J connectivity index is 0.000000171. The third-order valence-corrected chi connectivity index (χ3v) is 4.70. The Morgan fingerprint density at radius 2 is 1.33 bits per heavy atom. The molecule has 0 fully saturated rings. The number of carboxylic acids is 2. The van der Waals surface area contributed by atoms with E-state index in [1.807, 2.05) is 54.7 Å². The van der Waals surface area contributed by atoms with Gasteiger partial charge in [0.05, 0.1) is 0 Å². The van der Waals surface area contributed by atoms with Gasteiger partial charge in [0, 0.05) is 47.0 Å². The predicted molar refractivity (Wildman–Crippen MR) is 112 cm³/mol. The Morgan fingerprint density at radius 3 is 1.87 bits per heavy atom. The van der Waals surface area contributed by atoms with Gasteiger partial charge in [-0.1, -0.05) is 36.4 Å². The number of H-pyrrole nitrogens is 2. The lowest BCUT2D eigenvalue weighted by molar-refractivity contribution is -0.148. The van der Waals surface area contributed by atoms with Crippen LogP contribution in [0.3, 0.4) is 0 Å². The van der Waals surface area contributed by atoms with Crippen LogP contribution in [0.2, 0.25) is 0 Å². The van der Waals surface area contributed by atoms with Gasteiger partial charge < -0.3 is 25.9 Å². The van der Waals surface area contributed by atoms with Crippen molar-refractivity contribution in [1.29, 1.82) is 0 Å². The van der Waals surface area contributed by atoms with Crippen LogP contribution in [-0.4, -0.2) is 43.9 Å². The number of hydrogen-bond donors (Lipinski definition) is 5. The number of carbonyl (C=O) groups excluding carboxylic acids is 1. The summed E-state index contributed by atoms with van der Waals surface area (Å²) >= 11 is 0. The van der Waals surface area contributed by atoms with Crippen molar-refractivity contribution in [1.82, 2.24) is 9.97 Å². The molecule has 0 bridgehead atoms. The van der Waals surface area contributed by atoms with Gasteiger partial charge in [0.15, 0.2) is 0 Å². The van der Waals surface area contributed by atoms with Gasteiger partial charge >= 0.3 is 11.9 Å². The van der Waals surface area contributed by atoms with Gasteiger partial charge in [-0.2, -0.15) is 0 Å². The van der Waals surface area contributed by atoms with Gasteiger partial charge in [-0.05, 0) is 23.3 Å². The van der Waals surface area contributed by atoms with Gasteiger partial charge in [0.2, 0.25) is 5.78 Å². The Morgan fingerprint density at radius 1 is 0.833 bits per heavy atom. The maximum Gasteiger partial charge on any atom is 0.372 e. The van der Waals surface area contributed by atoms with Crippen LogP contribution in [0.25, 0.3) is 21.8 Å². The number of nitrogens with two attached hydrogens (primary N) is 1. The number of nitrogens with one attached hydrogen (secondary N) is 2. The molecule has 6 N–H and O–H groups in total. The third kappa shape index (κ3) is 4.73. The van der Waals surface area contributed by atoms with Crippen molar-refractivity contribution >= 4 is 39.5 Å². The minimum Gasteiger partial charge on any atom is -0.480 e. The molecule has 0 saturated carbocycles. The van der Waals surface area contributed by atoms with Crippen molar-refractivity contribution < 1.29 is 24.6 Å². The van der Waals surface area contributed by atoms with E-state index in [0.717, 1.165) is 32.9 Å². The Kier molecular flexibility index (Phi) is 6.29. The highest BCUT2D eigenvalue weighted by molar-refractivity contribution is 6.33. The molecule has 0 aliphatic carbocycles. The fourth-order valence-corrected chi connectivity index (χ4v) is 3.15. The summed E-state index contributed by atoms with van der Waals surface area (Å²) < 4.78 is 0. The van der Waals surface area contributed by atoms with E-state index in [-0.39, 0.29) is 6.42 Å². The molecule has 4 aromatic rings. The molecule has 4 rings (SSSR count). The maximum absolute atomic E-state index is 11.0. The monoisotopic (exact) mass is 407 g/mol. The zero-order valence-electron chi connectivity index (χ0n) is 16.0. The van der Waals surface area contributed by atoms with Crippen LogP contribution < -0.4 is 5.73 Å². The fraction of sp³-hybridized carbons (Fsp3) is 0.136. The average Bonchev–Trinajstić information content (AvgIpc) is 3.33. The lowest BCUT2D eigenvalue weighted by Gasteiger charge is -2.04. The molecule has 2 heterocycles. The van der Waals surface area contributed by atoms with Crippen LogP contribution in [0.4, 0.5) is 0 Å². The number of carbonyl (C=O) groups is 3. The minimum absolute atomic E-state index is 0.0701. The smallest absolute Gasteiger partial charge is 0.372 e. The molecule has 154 valence electrons. The van der Waals surface area contributed by atoms with Crippen molar-refractivity contribution in [3.05, 3.63) is 72.1 Å². The van der Waals surface area contributed by atoms with E-state index in [0.29, 0.717) is 6.42 Å². The second kappa shape index (κ2) is 9.06. The SMILES string of the molecule is NC(Cc1c[nH]c2ccccc12)C(=O)O.O=C(O)C(=O)Cc1c[nH]c2ccccc12. The molecule has 0 aliphatic heterocycles. The topological polar surface area (TPSA) is 149 Å². The number of fused-ring (bicyclic) bond motifs is 2. The first-order chi connectivity index (χ1) is 14.4. The Bertz CT molecular complexity index is 1210. The highest BCUT2D eigenvalue weighted by Crippen LogP contribution is 2.19. The van der Waals surface area contributed by atoms with Crippen molar-refractivity contribution in [3.63, 3.8) is 0 Å². The molecule has 8 nitrogen and oxygen atoms in total. The molecule has 0 saturated heterocycles. The number of carboxylic acid groups (broad SMARTS) is 2. The van der Waals surface area contributed by atoms with Gasteiger partial charge in [0.1, 0.15) is 6.04 Å². The van der Waals surface area contributed by atoms with E-state index in [1.54, 1.807) is 6.20 Å². The van der Waals surface area contributed by atoms with Gasteiger partial charge in [-0.15, -0.1) is 0 Å². The number of aromatic nitrogens is 2. The van der Waals surface area contributed by atoms with E-state index >= 15 is 0 Å². The van der Waals surface area contributed by atoms with Crippen molar-refractivity contribution in [2.75, 3.05) is 0 Å². The number of aromatic amines is 2. The highest BCUT2D eigenvalue weighted by atomic mass is 16.4. The summed E-state index contributed by atoms with van der Waals surface area (Å²) in [5.74, 6) is -3.15. The summed E-state index contributed by atoms with van der Waals surface area (Å²) in [5, 5.41) is 19.1. The summed E-state index contributed by atoms with van der Waals surface area (Å²) in [7, 11) is 0. The lowest BCUT2D eigenvalue weighted by Crippen LogP contribution is -2.32. The molecule has 8 heteroatoms. The first-order valence-electron chi connectivity index (χ1n) is 9.21. The molecule has 2 aromatic carbocycles. The Labute approximate surface area is 171 Å². The summed E-state index contributed by atoms with van der Waals surface area (Å²) in [6, 6.07) is 14.4. The molecule has 0 radical (unpaired) electrons. The molecule has 1 atom stereocenters. The van der Waals surface area contributed by atoms with Crippen molar-refractivity contribution in [2.24, 2.45) is 5.73 Å². The summed E-state index contributed by atoms with van der Waals surface area (Å²) in [6.45, 7) is 0. The molecular formula is C22H21N3O5. The predicted octanol–water partition coefficient (Wildman–Crippen LogP) is 2.49. The van der Waals surface area contributed by atoms with E-state index in [1.165, 1.54) is 0 Å². The number of aliphatic carboxylic acids is 2. The second-order valence-electron chi connectivity index (χ2n) is 6.77. The number of benzene rings is 2. The van der Waals surface area contributed by atoms with Crippen LogP contribution in [0.15, 0.2) is 60.9 Å². The number of para-hydroxylation sites is 2. The Hall–Kier alpha value is -3.91. The summed E-state index contributed by atoms with van der Waals surface area (Å²) in [5.41, 5.74) is 9.06. The standard InChI is InChI=1S/C11H12N2O2.C11H9NO3/c12-9(11(14)15)5-7-6-13-10-4-2-1-3-8(7)10;13-10(11(14)15)5-7-6-12-9-4-2-1-3-8(7)9/h1-4,6,9,13H,5,12H2,(H,14,15);1-4,6,12H,5H2,(H,14,15). The number of ketones is 1. The molecule has 0 amide bonds. The van der Waals surface area contributed by atoms with Crippen LogP contribution in [0, 0.1) is 0 Å². The third-order valence-electron chi connectivity index (χ3n) is 4.70. The molecule has 0 spiro atoms. The summed E-state index contributed by atoms with van der Waals surface area (Å²) in [6.07, 6.45) is 3.76. The number of hydrogen-bond acceptors (Lipinski definition) is 4. The molecule has 2 aromatic heterocycles. The lowest BCUT2D eigenvalue weighted by atomic mass is 10.1. The minimum atomic E-state index is -1.39. The van der Waals surface area contributed by atoms with E-state index in [4.69, 9.17) is 15.9 Å². The summed E-state index contributed by atoms with van der Waals surface area (Å²) in [4.78, 5) is 38.1. The maximum atomic E-state index is 11.0. The van der Waals surface area contributed by atoms with E-state index < -0.39 is 23.8 Å². The average molecular weight is 407 g/mol. The zero-order valence-corrected chi connectivity index (χ0v) is 16.0. The van der Waals surface area contributed by atoms with E-state index in [2.05, 4.69) is 9.97 Å². The molecular weight excluding hydrogens is 386 g/mol. The van der Waals surface area contributed by atoms with Gasteiger partial charge in [-0.3, -0.25) is 9.59 Å². The molecule has 0 aliphatic rings. The van der Waals surface area contributed by atoms with Crippen LogP contribution >= 0.6 is 0 Å². The molecule has 30 heavy (non-hydrogen) atoms. The fourth-order valence-electron chi connectivity index (χ4n) is 3.15. The van der Waals surface area contributed by atoms with E-state index in [9.17, 15) is 14.4 Å². The molecule has 1 unspecified atom stereocenters. The quantitative estimate of drug-likeness (QED) is 0.310. The van der Waals surface area contributed by atoms with Crippen LogP contribution in [0.1, 0.15) is 11.1 Å². The van der Waals surface area contributed by atoms with Crippen LogP contribution in [0.5, 0.6) is 0 Å². The first kappa shape index (κ1) is 20.8. The van der Waals surface area contributed by atoms with Gasteiger partial charge in [0.25, 0.3) is 0 Å². The second-order valence-corrected chi connectivity index (χ2v) is 6.77. The zero-order chi connectivity index (χ0) is 21.7. The number of rotatable bonds is 6. The largest absolute Gasteiger partial charge is 0.480 e. The number of Topliss-reactive ketones (excluding diaryl/α,β-unsaturated/α-hetero) is 1. The highest BCUT2D eigenvalue weighted by Gasteiger charge is 2.15. The van der Waals surface area contributed by atoms with Crippen molar-refractivity contribution in [3.8, 4) is 0 Å². The van der Waals surface area contributed by atoms with Crippen LogP contribution in [-0.2, 0) is 27.2 Å². The first-order valence-corrected chi connectivity index (χ1v) is 9.21. The normalized spacial score (nSPS) is 11.6.